The standard InChI is InChI=1S/C23H36N4O2S/c1-4-30(28,29)23-24-17-22(19-25(2)18-21-14-8-9-15-26(21)3)27(23)16-10-13-20-11-6-5-7-12-20/h5-7,11-12,17,21H,4,8-10,13-16,18-19H2,1-3H3/t21-/m1/s1. The lowest BCUT2D eigenvalue weighted by molar-refractivity contribution is 0.137. The van der Waals surface area contributed by atoms with E-state index in [1.54, 1.807) is 13.1 Å². The van der Waals surface area contributed by atoms with E-state index in [4.69, 9.17) is 0 Å². The van der Waals surface area contributed by atoms with Gasteiger partial charge in [-0.1, -0.05) is 43.7 Å². The molecule has 0 saturated carbocycles. The fourth-order valence-corrected chi connectivity index (χ4v) is 5.31. The fraction of sp³-hybridized carbons (Fsp3) is 0.609. The molecule has 0 unspecified atom stereocenters. The van der Waals surface area contributed by atoms with E-state index in [0.29, 0.717) is 19.1 Å². The first-order chi connectivity index (χ1) is 14.4. The van der Waals surface area contributed by atoms with Gasteiger partial charge in [-0.25, -0.2) is 13.4 Å². The lowest BCUT2D eigenvalue weighted by Gasteiger charge is -2.35. The number of aromatic nitrogens is 2. The molecule has 6 nitrogen and oxygen atoms in total. The van der Waals surface area contributed by atoms with E-state index in [1.165, 1.54) is 24.8 Å². The summed E-state index contributed by atoms with van der Waals surface area (Å²) >= 11 is 0. The number of rotatable bonds is 10. The molecular formula is C23H36N4O2S. The third-order valence-corrected chi connectivity index (χ3v) is 7.77. The smallest absolute Gasteiger partial charge is 0.227 e. The van der Waals surface area contributed by atoms with Crippen molar-refractivity contribution in [2.75, 3.05) is 32.9 Å². The summed E-state index contributed by atoms with van der Waals surface area (Å²) in [6.07, 6.45) is 7.36. The van der Waals surface area contributed by atoms with Gasteiger partial charge in [0.2, 0.25) is 15.0 Å². The van der Waals surface area contributed by atoms with E-state index >= 15 is 0 Å². The van der Waals surface area contributed by atoms with Crippen LogP contribution in [-0.4, -0.2) is 66.7 Å². The van der Waals surface area contributed by atoms with Crippen molar-refractivity contribution in [2.45, 2.75) is 63.3 Å². The number of hydrogen-bond donors (Lipinski definition) is 0. The molecule has 1 aliphatic heterocycles. The number of sulfone groups is 1. The average Bonchev–Trinajstić information content (AvgIpc) is 3.13. The van der Waals surface area contributed by atoms with Gasteiger partial charge in [-0.05, 0) is 51.9 Å². The number of hydrogen-bond acceptors (Lipinski definition) is 5. The summed E-state index contributed by atoms with van der Waals surface area (Å²) in [5.41, 5.74) is 2.26. The van der Waals surface area contributed by atoms with Crippen molar-refractivity contribution in [1.82, 2.24) is 19.4 Å². The van der Waals surface area contributed by atoms with Gasteiger partial charge >= 0.3 is 0 Å². The quantitative estimate of drug-likeness (QED) is 0.577. The Labute approximate surface area is 181 Å². The minimum Gasteiger partial charge on any atom is -0.318 e. The number of imidazole rings is 1. The van der Waals surface area contributed by atoms with Crippen LogP contribution in [0.3, 0.4) is 0 Å². The largest absolute Gasteiger partial charge is 0.318 e. The van der Waals surface area contributed by atoms with Crippen LogP contribution in [0.15, 0.2) is 41.7 Å². The van der Waals surface area contributed by atoms with Crippen LogP contribution in [-0.2, 0) is 29.3 Å². The number of nitrogens with zero attached hydrogens (tertiary/aromatic N) is 4. The zero-order valence-corrected chi connectivity index (χ0v) is 19.4. The van der Waals surface area contributed by atoms with E-state index in [9.17, 15) is 8.42 Å². The molecular weight excluding hydrogens is 396 g/mol. The second-order valence-electron chi connectivity index (χ2n) is 8.50. The molecule has 2 aromatic rings. The molecule has 0 spiro atoms. The average molecular weight is 433 g/mol. The Morgan fingerprint density at radius 3 is 2.67 bits per heavy atom. The van der Waals surface area contributed by atoms with Crippen LogP contribution in [0.1, 0.15) is 43.9 Å². The molecule has 1 aromatic heterocycles. The Morgan fingerprint density at radius 1 is 1.20 bits per heavy atom. The Kier molecular flexibility index (Phi) is 8.08. The van der Waals surface area contributed by atoms with Crippen molar-refractivity contribution in [1.29, 1.82) is 0 Å². The number of likely N-dealkylation sites (tertiary alicyclic amines) is 1. The van der Waals surface area contributed by atoms with Gasteiger partial charge in [0.05, 0.1) is 17.6 Å². The van der Waals surface area contributed by atoms with Crippen molar-refractivity contribution in [3.8, 4) is 0 Å². The van der Waals surface area contributed by atoms with E-state index in [2.05, 4.69) is 41.0 Å². The van der Waals surface area contributed by atoms with E-state index in [1.807, 2.05) is 22.8 Å². The summed E-state index contributed by atoms with van der Waals surface area (Å²) in [6, 6.07) is 10.9. The summed E-state index contributed by atoms with van der Waals surface area (Å²) in [6.45, 7) is 5.21. The normalized spacial score (nSPS) is 18.2. The summed E-state index contributed by atoms with van der Waals surface area (Å²) in [4.78, 5) is 9.09. The molecule has 1 aliphatic rings. The second-order valence-corrected chi connectivity index (χ2v) is 10.7. The predicted octanol–water partition coefficient (Wildman–Crippen LogP) is 3.23. The van der Waals surface area contributed by atoms with Crippen LogP contribution in [0.25, 0.3) is 0 Å². The van der Waals surface area contributed by atoms with Crippen LogP contribution in [0.4, 0.5) is 0 Å². The van der Waals surface area contributed by atoms with E-state index in [0.717, 1.165) is 31.6 Å². The van der Waals surface area contributed by atoms with Crippen molar-refractivity contribution in [3.05, 3.63) is 47.8 Å². The molecule has 0 N–H and O–H groups in total. The Balaban J connectivity index is 1.71. The first-order valence-corrected chi connectivity index (χ1v) is 12.8. The van der Waals surface area contributed by atoms with Gasteiger partial charge in [0, 0.05) is 25.7 Å². The molecule has 30 heavy (non-hydrogen) atoms. The molecule has 0 radical (unpaired) electrons. The van der Waals surface area contributed by atoms with E-state index in [-0.39, 0.29) is 10.9 Å². The van der Waals surface area contributed by atoms with Gasteiger partial charge in [0.1, 0.15) is 0 Å². The van der Waals surface area contributed by atoms with E-state index < -0.39 is 9.84 Å². The highest BCUT2D eigenvalue weighted by Gasteiger charge is 2.24. The molecule has 166 valence electrons. The van der Waals surface area contributed by atoms with Crippen molar-refractivity contribution in [2.24, 2.45) is 0 Å². The van der Waals surface area contributed by atoms with Gasteiger partial charge in [-0.15, -0.1) is 0 Å². The van der Waals surface area contributed by atoms with Gasteiger partial charge in [0.15, 0.2) is 0 Å². The Morgan fingerprint density at radius 2 is 1.97 bits per heavy atom. The maximum Gasteiger partial charge on any atom is 0.227 e. The molecule has 3 rings (SSSR count). The van der Waals surface area contributed by atoms with Gasteiger partial charge in [0.25, 0.3) is 0 Å². The highest BCUT2D eigenvalue weighted by molar-refractivity contribution is 7.91. The minimum atomic E-state index is -3.35. The zero-order valence-electron chi connectivity index (χ0n) is 18.6. The van der Waals surface area contributed by atoms with Crippen LogP contribution in [0.2, 0.25) is 0 Å². The highest BCUT2D eigenvalue weighted by Crippen LogP contribution is 2.19. The molecule has 1 aromatic carbocycles. The minimum absolute atomic E-state index is 0.0743. The topological polar surface area (TPSA) is 58.4 Å². The Hall–Kier alpha value is -1.70. The van der Waals surface area contributed by atoms with Crippen LogP contribution >= 0.6 is 0 Å². The lowest BCUT2D eigenvalue weighted by atomic mass is 10.0. The van der Waals surface area contributed by atoms with Crippen molar-refractivity contribution < 1.29 is 8.42 Å². The fourth-order valence-electron chi connectivity index (χ4n) is 4.30. The molecule has 0 amide bonds. The summed E-state index contributed by atoms with van der Waals surface area (Å²) in [7, 11) is 0.979. The SMILES string of the molecule is CCS(=O)(=O)c1ncc(CN(C)C[C@H]2CCCCN2C)n1CCCc1ccccc1. The van der Waals surface area contributed by atoms with Crippen LogP contribution in [0, 0.1) is 0 Å². The van der Waals surface area contributed by atoms with Crippen molar-refractivity contribution >= 4 is 9.84 Å². The molecule has 1 saturated heterocycles. The summed E-state index contributed by atoms with van der Waals surface area (Å²) in [5, 5.41) is 0.219. The summed E-state index contributed by atoms with van der Waals surface area (Å²) in [5.74, 6) is 0.0743. The van der Waals surface area contributed by atoms with Gasteiger partial charge in [-0.2, -0.15) is 0 Å². The first kappa shape index (κ1) is 23.0. The third-order valence-electron chi connectivity index (χ3n) is 6.13. The molecule has 0 bridgehead atoms. The molecule has 2 heterocycles. The van der Waals surface area contributed by atoms with Crippen LogP contribution in [0.5, 0.6) is 0 Å². The molecule has 0 aliphatic carbocycles. The maximum atomic E-state index is 12.6. The predicted molar refractivity (Wildman–Crippen MR) is 121 cm³/mol. The maximum absolute atomic E-state index is 12.6. The van der Waals surface area contributed by atoms with Gasteiger partial charge < -0.3 is 9.47 Å². The zero-order chi connectivity index (χ0) is 21.6. The number of benzene rings is 1. The number of piperidine rings is 1. The Bertz CT molecular complexity index is 895. The molecule has 7 heteroatoms. The monoisotopic (exact) mass is 432 g/mol. The number of likely N-dealkylation sites (N-methyl/N-ethyl adjacent to an activating group) is 2. The van der Waals surface area contributed by atoms with Crippen molar-refractivity contribution in [3.63, 3.8) is 0 Å². The lowest BCUT2D eigenvalue weighted by Crippen LogP contribution is -2.43. The molecule has 1 fully saturated rings. The third kappa shape index (κ3) is 5.93. The number of aryl methyl sites for hydroxylation is 1. The summed E-state index contributed by atoms with van der Waals surface area (Å²) < 4.78 is 27.2. The molecule has 1 atom stereocenters. The van der Waals surface area contributed by atoms with Crippen LogP contribution < -0.4 is 0 Å². The second kappa shape index (κ2) is 10.6. The highest BCUT2D eigenvalue weighted by atomic mass is 32.2. The first-order valence-electron chi connectivity index (χ1n) is 11.1. The van der Waals surface area contributed by atoms with Gasteiger partial charge in [-0.3, -0.25) is 4.90 Å².